The Morgan fingerprint density at radius 1 is 1.37 bits per heavy atom. The molecule has 2 N–H and O–H groups in total. The maximum absolute atomic E-state index is 5.62. The first-order valence-electron chi connectivity index (χ1n) is 6.99. The SMILES string of the molecule is CC1CCn2c(nnc2-c2cccc(CCN)c2)C1. The highest BCUT2D eigenvalue weighted by Crippen LogP contribution is 2.25. The number of fused-ring (bicyclic) bond motifs is 1. The molecule has 1 aliphatic heterocycles. The fraction of sp³-hybridized carbons (Fsp3) is 0.467. The first-order chi connectivity index (χ1) is 9.28. The van der Waals surface area contributed by atoms with Gasteiger partial charge in [0.05, 0.1) is 0 Å². The van der Waals surface area contributed by atoms with Gasteiger partial charge in [0.1, 0.15) is 5.82 Å². The van der Waals surface area contributed by atoms with Gasteiger partial charge >= 0.3 is 0 Å². The number of benzene rings is 1. The molecule has 100 valence electrons. The van der Waals surface area contributed by atoms with E-state index >= 15 is 0 Å². The second kappa shape index (κ2) is 5.13. The second-order valence-corrected chi connectivity index (χ2v) is 5.43. The Morgan fingerprint density at radius 3 is 3.11 bits per heavy atom. The topological polar surface area (TPSA) is 56.7 Å². The van der Waals surface area contributed by atoms with E-state index in [2.05, 4.69) is 46.0 Å². The number of nitrogens with two attached hydrogens (primary N) is 1. The van der Waals surface area contributed by atoms with Gasteiger partial charge in [-0.15, -0.1) is 10.2 Å². The number of rotatable bonds is 3. The minimum Gasteiger partial charge on any atom is -0.330 e. The summed E-state index contributed by atoms with van der Waals surface area (Å²) in [6, 6.07) is 8.48. The van der Waals surface area contributed by atoms with Gasteiger partial charge in [-0.1, -0.05) is 25.1 Å². The maximum Gasteiger partial charge on any atom is 0.163 e. The van der Waals surface area contributed by atoms with Gasteiger partial charge in [0.15, 0.2) is 5.82 Å². The average Bonchev–Trinajstić information content (AvgIpc) is 2.82. The molecule has 4 nitrogen and oxygen atoms in total. The van der Waals surface area contributed by atoms with Gasteiger partial charge in [0.2, 0.25) is 0 Å². The van der Waals surface area contributed by atoms with Crippen LogP contribution in [-0.4, -0.2) is 21.3 Å². The van der Waals surface area contributed by atoms with E-state index in [1.165, 1.54) is 12.0 Å². The van der Waals surface area contributed by atoms with Gasteiger partial charge in [0.25, 0.3) is 0 Å². The van der Waals surface area contributed by atoms with Crippen LogP contribution in [0, 0.1) is 5.92 Å². The summed E-state index contributed by atoms with van der Waals surface area (Å²) < 4.78 is 2.27. The fourth-order valence-corrected chi connectivity index (χ4v) is 2.73. The van der Waals surface area contributed by atoms with Crippen LogP contribution >= 0.6 is 0 Å². The lowest BCUT2D eigenvalue weighted by Crippen LogP contribution is -2.18. The van der Waals surface area contributed by atoms with E-state index in [0.717, 1.165) is 36.6 Å². The van der Waals surface area contributed by atoms with E-state index in [-0.39, 0.29) is 0 Å². The third-order valence-electron chi connectivity index (χ3n) is 3.82. The molecule has 0 fully saturated rings. The molecule has 0 bridgehead atoms. The Balaban J connectivity index is 1.96. The molecule has 1 unspecified atom stereocenters. The zero-order valence-electron chi connectivity index (χ0n) is 11.3. The second-order valence-electron chi connectivity index (χ2n) is 5.43. The van der Waals surface area contributed by atoms with Crippen LogP contribution in [0.25, 0.3) is 11.4 Å². The largest absolute Gasteiger partial charge is 0.330 e. The summed E-state index contributed by atoms with van der Waals surface area (Å²) in [5.74, 6) is 2.84. The molecule has 19 heavy (non-hydrogen) atoms. The Kier molecular flexibility index (Phi) is 3.34. The summed E-state index contributed by atoms with van der Waals surface area (Å²) in [6.07, 6.45) is 3.15. The standard InChI is InChI=1S/C15H20N4/c1-11-6-8-19-14(9-11)17-18-15(19)13-4-2-3-12(10-13)5-7-16/h2-4,10-11H,5-9,16H2,1H3. The van der Waals surface area contributed by atoms with Gasteiger partial charge in [0, 0.05) is 18.5 Å². The predicted molar refractivity (Wildman–Crippen MR) is 75.7 cm³/mol. The Labute approximate surface area is 113 Å². The lowest BCUT2D eigenvalue weighted by atomic mass is 10.00. The maximum atomic E-state index is 5.62. The first-order valence-corrected chi connectivity index (χ1v) is 6.99. The van der Waals surface area contributed by atoms with Crippen LogP contribution in [-0.2, 0) is 19.4 Å². The van der Waals surface area contributed by atoms with Gasteiger partial charge in [-0.05, 0) is 36.9 Å². The summed E-state index contributed by atoms with van der Waals surface area (Å²) >= 11 is 0. The summed E-state index contributed by atoms with van der Waals surface area (Å²) in [4.78, 5) is 0. The smallest absolute Gasteiger partial charge is 0.163 e. The van der Waals surface area contributed by atoms with Gasteiger partial charge in [-0.2, -0.15) is 0 Å². The van der Waals surface area contributed by atoms with Crippen LogP contribution in [0.2, 0.25) is 0 Å². The highest BCUT2D eigenvalue weighted by molar-refractivity contribution is 5.56. The molecule has 1 aromatic heterocycles. The summed E-state index contributed by atoms with van der Waals surface area (Å²) in [6.45, 7) is 3.98. The predicted octanol–water partition coefficient (Wildman–Crippen LogP) is 2.03. The van der Waals surface area contributed by atoms with Crippen LogP contribution in [0.1, 0.15) is 24.7 Å². The lowest BCUT2D eigenvalue weighted by molar-refractivity contribution is 0.411. The molecule has 0 spiro atoms. The van der Waals surface area contributed by atoms with Crippen molar-refractivity contribution in [2.75, 3.05) is 6.54 Å². The van der Waals surface area contributed by atoms with Crippen LogP contribution < -0.4 is 5.73 Å². The highest BCUT2D eigenvalue weighted by atomic mass is 15.3. The van der Waals surface area contributed by atoms with Crippen molar-refractivity contribution < 1.29 is 0 Å². The van der Waals surface area contributed by atoms with Crippen molar-refractivity contribution in [3.63, 3.8) is 0 Å². The van der Waals surface area contributed by atoms with Crippen LogP contribution in [0.3, 0.4) is 0 Å². The Hall–Kier alpha value is -1.68. The minimum atomic E-state index is 0.679. The quantitative estimate of drug-likeness (QED) is 0.914. The molecule has 2 heterocycles. The zero-order valence-corrected chi connectivity index (χ0v) is 11.3. The van der Waals surface area contributed by atoms with Crippen molar-refractivity contribution in [1.82, 2.24) is 14.8 Å². The number of hydrogen-bond acceptors (Lipinski definition) is 3. The molecule has 0 saturated heterocycles. The number of hydrogen-bond donors (Lipinski definition) is 1. The Morgan fingerprint density at radius 2 is 2.26 bits per heavy atom. The van der Waals surface area contributed by atoms with E-state index < -0.39 is 0 Å². The molecule has 0 aliphatic carbocycles. The van der Waals surface area contributed by atoms with Crippen LogP contribution in [0.4, 0.5) is 0 Å². The van der Waals surface area contributed by atoms with Crippen molar-refractivity contribution in [1.29, 1.82) is 0 Å². The fourth-order valence-electron chi connectivity index (χ4n) is 2.73. The van der Waals surface area contributed by atoms with E-state index in [9.17, 15) is 0 Å². The lowest BCUT2D eigenvalue weighted by Gasteiger charge is -2.20. The summed E-state index contributed by atoms with van der Waals surface area (Å²) in [5, 5.41) is 8.73. The van der Waals surface area contributed by atoms with Crippen LogP contribution in [0.15, 0.2) is 24.3 Å². The average molecular weight is 256 g/mol. The van der Waals surface area contributed by atoms with Gasteiger partial charge in [-0.25, -0.2) is 0 Å². The Bertz CT molecular complexity index is 573. The molecule has 4 heteroatoms. The van der Waals surface area contributed by atoms with Crippen molar-refractivity contribution in [3.05, 3.63) is 35.7 Å². The van der Waals surface area contributed by atoms with E-state index in [4.69, 9.17) is 5.73 Å². The van der Waals surface area contributed by atoms with Gasteiger partial charge in [-0.3, -0.25) is 0 Å². The van der Waals surface area contributed by atoms with E-state index in [0.29, 0.717) is 12.5 Å². The third-order valence-corrected chi connectivity index (χ3v) is 3.82. The van der Waals surface area contributed by atoms with E-state index in [1.807, 2.05) is 0 Å². The molecular weight excluding hydrogens is 236 g/mol. The minimum absolute atomic E-state index is 0.679. The normalized spacial score (nSPS) is 18.3. The monoisotopic (exact) mass is 256 g/mol. The number of nitrogens with zero attached hydrogens (tertiary/aromatic N) is 3. The molecule has 0 amide bonds. The zero-order chi connectivity index (χ0) is 13.2. The van der Waals surface area contributed by atoms with Gasteiger partial charge < -0.3 is 10.3 Å². The molecule has 1 aliphatic rings. The van der Waals surface area contributed by atoms with E-state index in [1.54, 1.807) is 0 Å². The molecule has 0 radical (unpaired) electrons. The summed E-state index contributed by atoms with van der Waals surface area (Å²) in [5.41, 5.74) is 8.04. The molecule has 3 rings (SSSR count). The molecule has 1 atom stereocenters. The molecular formula is C15H20N4. The van der Waals surface area contributed by atoms with Crippen molar-refractivity contribution in [2.24, 2.45) is 11.7 Å². The highest BCUT2D eigenvalue weighted by Gasteiger charge is 2.20. The molecule has 2 aromatic rings. The van der Waals surface area contributed by atoms with Crippen LogP contribution in [0.5, 0.6) is 0 Å². The first kappa shape index (κ1) is 12.4. The number of aromatic nitrogens is 3. The van der Waals surface area contributed by atoms with Crippen molar-refractivity contribution >= 4 is 0 Å². The molecule has 1 aromatic carbocycles. The van der Waals surface area contributed by atoms with Crippen molar-refractivity contribution in [3.8, 4) is 11.4 Å². The summed E-state index contributed by atoms with van der Waals surface area (Å²) in [7, 11) is 0. The molecule has 0 saturated carbocycles. The third kappa shape index (κ3) is 2.40. The van der Waals surface area contributed by atoms with Crippen molar-refractivity contribution in [2.45, 2.75) is 32.7 Å².